The third-order valence-corrected chi connectivity index (χ3v) is 9.31. The Hall–Kier alpha value is -1.61. The molecule has 4 fully saturated rings. The molecule has 0 aromatic rings. The van der Waals surface area contributed by atoms with Gasteiger partial charge in [-0.3, -0.25) is 9.59 Å². The number of rotatable bonds is 5. The lowest BCUT2D eigenvalue weighted by molar-refractivity contribution is -0.157. The molecule has 7 atom stereocenters. The molecule has 0 amide bonds. The number of azide groups is 1. The predicted octanol–water partition coefficient (Wildman–Crippen LogP) is 6.04. The van der Waals surface area contributed by atoms with E-state index in [0.29, 0.717) is 48.2 Å². The van der Waals surface area contributed by atoms with Gasteiger partial charge in [-0.25, -0.2) is 0 Å². The van der Waals surface area contributed by atoms with Gasteiger partial charge in [-0.15, -0.1) is 0 Å². The van der Waals surface area contributed by atoms with Gasteiger partial charge in [0.05, 0.1) is 0 Å². The van der Waals surface area contributed by atoms with Gasteiger partial charge in [-0.05, 0) is 86.0 Å². The van der Waals surface area contributed by atoms with Gasteiger partial charge in [0, 0.05) is 35.6 Å². The summed E-state index contributed by atoms with van der Waals surface area (Å²) in [4.78, 5) is 28.7. The second-order valence-electron chi connectivity index (χ2n) is 10.6. The van der Waals surface area contributed by atoms with Crippen molar-refractivity contribution in [1.29, 1.82) is 0 Å². The fourth-order valence-electron chi connectivity index (χ4n) is 7.63. The Labute approximate surface area is 174 Å². The van der Waals surface area contributed by atoms with Crippen molar-refractivity contribution < 1.29 is 9.59 Å². The molecular formula is C24H35N3O2. The fraction of sp³-hybridized carbons (Fsp3) is 0.833. The summed E-state index contributed by atoms with van der Waals surface area (Å²) in [5.41, 5.74) is 8.31. The Morgan fingerprint density at radius 3 is 2.79 bits per heavy atom. The highest BCUT2D eigenvalue weighted by Crippen LogP contribution is 2.65. The fourth-order valence-corrected chi connectivity index (χ4v) is 7.63. The van der Waals surface area contributed by atoms with E-state index in [9.17, 15) is 9.59 Å². The molecule has 0 spiro atoms. The second-order valence-corrected chi connectivity index (χ2v) is 10.6. The maximum atomic E-state index is 13.3. The summed E-state index contributed by atoms with van der Waals surface area (Å²) in [5.74, 6) is 3.09. The summed E-state index contributed by atoms with van der Waals surface area (Å²) in [6, 6.07) is 0. The Bertz CT molecular complexity index is 755. The van der Waals surface area contributed by atoms with E-state index in [1.165, 1.54) is 0 Å². The topological polar surface area (TPSA) is 82.9 Å². The second kappa shape index (κ2) is 7.91. The summed E-state index contributed by atoms with van der Waals surface area (Å²) in [6.07, 6.45) is 14.2. The van der Waals surface area contributed by atoms with E-state index in [2.05, 4.69) is 36.0 Å². The lowest BCUT2D eigenvalue weighted by Crippen LogP contribution is -2.56. The zero-order chi connectivity index (χ0) is 20.6. The predicted molar refractivity (Wildman–Crippen MR) is 113 cm³/mol. The third-order valence-electron chi connectivity index (χ3n) is 9.31. The molecule has 0 aromatic heterocycles. The Kier molecular flexibility index (Phi) is 5.63. The average molecular weight is 398 g/mol. The molecule has 29 heavy (non-hydrogen) atoms. The van der Waals surface area contributed by atoms with Crippen LogP contribution < -0.4 is 0 Å². The molecule has 4 aliphatic carbocycles. The highest BCUT2D eigenvalue weighted by Gasteiger charge is 2.62. The Morgan fingerprint density at radius 1 is 1.17 bits per heavy atom. The molecule has 4 saturated carbocycles. The van der Waals surface area contributed by atoms with Crippen LogP contribution in [0.1, 0.15) is 78.1 Å². The normalized spacial score (nSPS) is 44.1. The van der Waals surface area contributed by atoms with Crippen molar-refractivity contribution in [3.8, 4) is 0 Å². The average Bonchev–Trinajstić information content (AvgIpc) is 3.00. The number of fused-ring (bicyclic) bond motifs is 5. The number of carbonyl (C=O) groups is 2. The molecule has 1 unspecified atom stereocenters. The molecule has 0 N–H and O–H groups in total. The van der Waals surface area contributed by atoms with Crippen LogP contribution in [0.4, 0.5) is 0 Å². The number of allylic oxidation sites excluding steroid dienone is 2. The summed E-state index contributed by atoms with van der Waals surface area (Å²) in [5, 5.41) is 3.58. The minimum Gasteiger partial charge on any atom is -0.299 e. The first kappa shape index (κ1) is 20.7. The summed E-state index contributed by atoms with van der Waals surface area (Å²) in [7, 11) is 0. The van der Waals surface area contributed by atoms with Crippen molar-refractivity contribution in [2.75, 3.05) is 6.54 Å². The molecule has 0 saturated heterocycles. The van der Waals surface area contributed by atoms with Gasteiger partial charge in [-0.2, -0.15) is 0 Å². The van der Waals surface area contributed by atoms with Gasteiger partial charge in [0.1, 0.15) is 11.6 Å². The summed E-state index contributed by atoms with van der Waals surface area (Å²) in [6.45, 7) is 5.13. The van der Waals surface area contributed by atoms with Crippen LogP contribution in [-0.2, 0) is 9.59 Å². The lowest BCUT2D eigenvalue weighted by Gasteiger charge is -2.59. The SMILES string of the molecule is C[C@]12CC[C@@H](C=CCCCN=[N+]=[N-])CC1C(=O)C[C@@H]1[C@@H]2CC[C@]2(C)C(=O)CC[C@@H]12. The third kappa shape index (κ3) is 3.46. The number of carbonyl (C=O) groups excluding carboxylic acids is 2. The highest BCUT2D eigenvalue weighted by molar-refractivity contribution is 5.88. The molecule has 0 aromatic carbocycles. The van der Waals surface area contributed by atoms with Crippen molar-refractivity contribution in [2.45, 2.75) is 78.1 Å². The highest BCUT2D eigenvalue weighted by atomic mass is 16.1. The zero-order valence-corrected chi connectivity index (χ0v) is 18.0. The Balaban J connectivity index is 1.44. The monoisotopic (exact) mass is 397 g/mol. The van der Waals surface area contributed by atoms with Gasteiger partial charge in [0.2, 0.25) is 0 Å². The van der Waals surface area contributed by atoms with Crippen molar-refractivity contribution in [3.63, 3.8) is 0 Å². The number of hydrogen-bond donors (Lipinski definition) is 0. The van der Waals surface area contributed by atoms with Crippen molar-refractivity contribution in [2.24, 2.45) is 45.5 Å². The number of hydrogen-bond acceptors (Lipinski definition) is 3. The summed E-state index contributed by atoms with van der Waals surface area (Å²) >= 11 is 0. The Morgan fingerprint density at radius 2 is 2.00 bits per heavy atom. The molecule has 158 valence electrons. The molecule has 0 heterocycles. The smallest absolute Gasteiger partial charge is 0.139 e. The standard InChI is InChI=1S/C24H35N3O2/c1-23-11-9-16(6-4-3-5-13-26-27-25)14-20(23)21(28)15-17-18-7-8-22(29)24(18,2)12-10-19(17)23/h4,6,16-20H,3,5,7-15H2,1-2H3/t16-,17+,18+,19+,20?,23-,24+/m1/s1. The first-order chi connectivity index (χ1) is 13.9. The number of Topliss-reactive ketones (excluding diaryl/α,β-unsaturated/α-hetero) is 2. The van der Waals surface area contributed by atoms with E-state index < -0.39 is 0 Å². The van der Waals surface area contributed by atoms with Crippen LogP contribution in [0.25, 0.3) is 10.4 Å². The van der Waals surface area contributed by atoms with Crippen molar-refractivity contribution in [3.05, 3.63) is 22.6 Å². The van der Waals surface area contributed by atoms with E-state index in [1.54, 1.807) is 0 Å². The molecular weight excluding hydrogens is 362 g/mol. The lowest BCUT2D eigenvalue weighted by atomic mass is 9.44. The molecule has 5 heteroatoms. The van der Waals surface area contributed by atoms with E-state index in [-0.39, 0.29) is 16.7 Å². The first-order valence-electron chi connectivity index (χ1n) is 11.6. The van der Waals surface area contributed by atoms with E-state index in [0.717, 1.165) is 57.8 Å². The van der Waals surface area contributed by atoms with Gasteiger partial charge in [-0.1, -0.05) is 31.1 Å². The van der Waals surface area contributed by atoms with E-state index in [1.807, 2.05) is 0 Å². The van der Waals surface area contributed by atoms with Gasteiger partial charge >= 0.3 is 0 Å². The molecule has 4 aliphatic rings. The molecule has 0 aliphatic heterocycles. The molecule has 4 rings (SSSR count). The molecule has 0 bridgehead atoms. The van der Waals surface area contributed by atoms with Crippen LogP contribution in [0, 0.1) is 40.4 Å². The van der Waals surface area contributed by atoms with Crippen molar-refractivity contribution in [1.82, 2.24) is 0 Å². The maximum Gasteiger partial charge on any atom is 0.139 e. The van der Waals surface area contributed by atoms with Crippen LogP contribution in [-0.4, -0.2) is 18.1 Å². The summed E-state index contributed by atoms with van der Waals surface area (Å²) < 4.78 is 0. The largest absolute Gasteiger partial charge is 0.299 e. The van der Waals surface area contributed by atoms with E-state index >= 15 is 0 Å². The zero-order valence-electron chi connectivity index (χ0n) is 18.0. The van der Waals surface area contributed by atoms with Crippen LogP contribution in [0.3, 0.4) is 0 Å². The molecule has 5 nitrogen and oxygen atoms in total. The van der Waals surface area contributed by atoms with Crippen LogP contribution in [0.15, 0.2) is 17.3 Å². The van der Waals surface area contributed by atoms with Crippen LogP contribution in [0.2, 0.25) is 0 Å². The van der Waals surface area contributed by atoms with Gasteiger partial charge < -0.3 is 0 Å². The minimum atomic E-state index is -0.153. The van der Waals surface area contributed by atoms with Crippen molar-refractivity contribution >= 4 is 11.6 Å². The first-order valence-corrected chi connectivity index (χ1v) is 11.6. The number of ketones is 2. The quantitative estimate of drug-likeness (QED) is 0.186. The minimum absolute atomic E-state index is 0.124. The van der Waals surface area contributed by atoms with Gasteiger partial charge in [0.25, 0.3) is 0 Å². The van der Waals surface area contributed by atoms with E-state index in [4.69, 9.17) is 5.53 Å². The van der Waals surface area contributed by atoms with Crippen LogP contribution >= 0.6 is 0 Å². The maximum absolute atomic E-state index is 13.3. The number of nitrogens with zero attached hydrogens (tertiary/aromatic N) is 3. The van der Waals surface area contributed by atoms with Gasteiger partial charge in [0.15, 0.2) is 0 Å². The molecule has 0 radical (unpaired) electrons. The van der Waals surface area contributed by atoms with Crippen LogP contribution in [0.5, 0.6) is 0 Å². The number of unbranched alkanes of at least 4 members (excludes halogenated alkanes) is 1.